The minimum atomic E-state index is -0.709. The first-order valence-corrected chi connectivity index (χ1v) is 9.40. The van der Waals surface area contributed by atoms with Gasteiger partial charge >= 0.3 is 0 Å². The quantitative estimate of drug-likeness (QED) is 0.323. The molecule has 8 heteroatoms. The number of aliphatic hydroxyl groups excluding tert-OH is 1. The van der Waals surface area contributed by atoms with Crippen molar-refractivity contribution in [2.24, 2.45) is 23.3 Å². The Labute approximate surface area is 157 Å². The lowest BCUT2D eigenvalue weighted by atomic mass is 9.97. The zero-order valence-electron chi connectivity index (χ0n) is 16.7. The smallest absolute Gasteiger partial charge is 0.240 e. The van der Waals surface area contributed by atoms with E-state index in [0.29, 0.717) is 13.0 Å². The SMILES string of the molecule is CCCCC(CCN)C(=O)NCC(=O)NC(CN)C(=O)C(C)C.CCO. The van der Waals surface area contributed by atoms with Crippen molar-refractivity contribution < 1.29 is 19.5 Å². The van der Waals surface area contributed by atoms with Crippen LogP contribution in [0.1, 0.15) is 53.4 Å². The van der Waals surface area contributed by atoms with Gasteiger partial charge in [-0.25, -0.2) is 0 Å². The first-order valence-electron chi connectivity index (χ1n) is 9.40. The molecule has 2 amide bonds. The number of Topliss-reactive ketones (excluding diaryl/α,β-unsaturated/α-hetero) is 1. The van der Waals surface area contributed by atoms with Crippen LogP contribution in [-0.2, 0) is 14.4 Å². The van der Waals surface area contributed by atoms with Gasteiger partial charge in [0.1, 0.15) is 0 Å². The molecule has 2 unspecified atom stereocenters. The normalized spacial score (nSPS) is 12.6. The molecule has 0 aliphatic heterocycles. The maximum absolute atomic E-state index is 12.1. The number of ketones is 1. The Kier molecular flexibility index (Phi) is 17.4. The minimum Gasteiger partial charge on any atom is -0.397 e. The Hall–Kier alpha value is -1.51. The number of aliphatic hydroxyl groups is 1. The van der Waals surface area contributed by atoms with Crippen LogP contribution in [-0.4, -0.2) is 55.0 Å². The van der Waals surface area contributed by atoms with E-state index in [4.69, 9.17) is 16.6 Å². The van der Waals surface area contributed by atoms with E-state index in [2.05, 4.69) is 17.6 Å². The summed E-state index contributed by atoms with van der Waals surface area (Å²) in [6, 6.07) is -0.709. The van der Waals surface area contributed by atoms with Crippen LogP contribution < -0.4 is 22.1 Å². The first-order chi connectivity index (χ1) is 12.3. The molecule has 2 atom stereocenters. The fourth-order valence-corrected chi connectivity index (χ4v) is 2.26. The van der Waals surface area contributed by atoms with Gasteiger partial charge in [0, 0.05) is 25.0 Å². The Bertz CT molecular complexity index is 403. The van der Waals surface area contributed by atoms with Crippen molar-refractivity contribution in [2.45, 2.75) is 59.4 Å². The molecule has 0 radical (unpaired) electrons. The molecule has 0 saturated heterocycles. The van der Waals surface area contributed by atoms with Gasteiger partial charge in [-0.05, 0) is 26.3 Å². The van der Waals surface area contributed by atoms with Gasteiger partial charge in [0.05, 0.1) is 12.6 Å². The molecular weight excluding hydrogens is 336 g/mol. The van der Waals surface area contributed by atoms with Crippen molar-refractivity contribution >= 4 is 17.6 Å². The summed E-state index contributed by atoms with van der Waals surface area (Å²) in [7, 11) is 0. The first kappa shape index (κ1) is 26.7. The van der Waals surface area contributed by atoms with Crippen molar-refractivity contribution in [3.05, 3.63) is 0 Å². The third-order valence-corrected chi connectivity index (χ3v) is 3.70. The maximum atomic E-state index is 12.1. The highest BCUT2D eigenvalue weighted by Gasteiger charge is 2.22. The van der Waals surface area contributed by atoms with E-state index in [1.54, 1.807) is 20.8 Å². The van der Waals surface area contributed by atoms with Crippen LogP contribution in [0.2, 0.25) is 0 Å². The highest BCUT2D eigenvalue weighted by atomic mass is 16.2. The van der Waals surface area contributed by atoms with Crippen molar-refractivity contribution in [3.63, 3.8) is 0 Å². The number of carbonyl (C=O) groups excluding carboxylic acids is 3. The number of rotatable bonds is 12. The van der Waals surface area contributed by atoms with Gasteiger partial charge in [0.25, 0.3) is 0 Å². The molecule has 0 aliphatic carbocycles. The molecule has 0 aromatic carbocycles. The molecule has 0 aromatic heterocycles. The number of hydrogen-bond donors (Lipinski definition) is 5. The summed E-state index contributed by atoms with van der Waals surface area (Å²) >= 11 is 0. The Morgan fingerprint density at radius 3 is 2.08 bits per heavy atom. The van der Waals surface area contributed by atoms with Crippen molar-refractivity contribution in [1.29, 1.82) is 0 Å². The van der Waals surface area contributed by atoms with E-state index in [1.165, 1.54) is 0 Å². The maximum Gasteiger partial charge on any atom is 0.240 e. The Morgan fingerprint density at radius 1 is 1.08 bits per heavy atom. The lowest BCUT2D eigenvalue weighted by Gasteiger charge is -2.19. The van der Waals surface area contributed by atoms with Crippen LogP contribution in [0.5, 0.6) is 0 Å². The summed E-state index contributed by atoms with van der Waals surface area (Å²) in [5, 5.41) is 12.7. The molecule has 0 bridgehead atoms. The van der Waals surface area contributed by atoms with Gasteiger partial charge in [0.15, 0.2) is 5.78 Å². The summed E-state index contributed by atoms with van der Waals surface area (Å²) in [6.45, 7) is 7.82. The number of hydrogen-bond acceptors (Lipinski definition) is 6. The largest absolute Gasteiger partial charge is 0.397 e. The molecule has 0 spiro atoms. The van der Waals surface area contributed by atoms with Gasteiger partial charge in [0.2, 0.25) is 11.8 Å². The topological polar surface area (TPSA) is 148 Å². The zero-order chi connectivity index (χ0) is 20.5. The van der Waals surface area contributed by atoms with Crippen LogP contribution in [0.25, 0.3) is 0 Å². The number of unbranched alkanes of at least 4 members (excludes halogenated alkanes) is 1. The Balaban J connectivity index is 0. The minimum absolute atomic E-state index is 0.0446. The summed E-state index contributed by atoms with van der Waals surface area (Å²) in [4.78, 5) is 35.8. The van der Waals surface area contributed by atoms with Crippen molar-refractivity contribution in [3.8, 4) is 0 Å². The predicted molar refractivity (Wildman–Crippen MR) is 103 cm³/mol. The van der Waals surface area contributed by atoms with E-state index in [9.17, 15) is 14.4 Å². The van der Waals surface area contributed by atoms with Crippen molar-refractivity contribution in [1.82, 2.24) is 10.6 Å². The van der Waals surface area contributed by atoms with E-state index < -0.39 is 11.9 Å². The molecule has 26 heavy (non-hydrogen) atoms. The highest BCUT2D eigenvalue weighted by Crippen LogP contribution is 2.12. The summed E-state index contributed by atoms with van der Waals surface area (Å²) in [5.74, 6) is -1.07. The van der Waals surface area contributed by atoms with Crippen LogP contribution >= 0.6 is 0 Å². The monoisotopic (exact) mass is 374 g/mol. The fraction of sp³-hybridized carbons (Fsp3) is 0.833. The molecule has 0 rings (SSSR count). The van der Waals surface area contributed by atoms with Crippen LogP contribution in [0.3, 0.4) is 0 Å². The second-order valence-electron chi connectivity index (χ2n) is 6.36. The van der Waals surface area contributed by atoms with Crippen molar-refractivity contribution in [2.75, 3.05) is 26.2 Å². The van der Waals surface area contributed by atoms with Crippen LogP contribution in [0.15, 0.2) is 0 Å². The number of nitrogens with two attached hydrogens (primary N) is 2. The summed E-state index contributed by atoms with van der Waals surface area (Å²) in [5.41, 5.74) is 11.1. The molecule has 154 valence electrons. The number of nitrogens with one attached hydrogen (secondary N) is 2. The molecule has 0 aliphatic rings. The fourth-order valence-electron chi connectivity index (χ4n) is 2.26. The molecule has 0 saturated carbocycles. The van der Waals surface area contributed by atoms with E-state index in [0.717, 1.165) is 19.3 Å². The van der Waals surface area contributed by atoms with Crippen LogP contribution in [0.4, 0.5) is 0 Å². The molecule has 0 aromatic rings. The molecular formula is C18H38N4O4. The molecule has 0 fully saturated rings. The molecule has 0 heterocycles. The summed E-state index contributed by atoms with van der Waals surface area (Å²) < 4.78 is 0. The summed E-state index contributed by atoms with van der Waals surface area (Å²) in [6.07, 6.45) is 3.32. The van der Waals surface area contributed by atoms with E-state index in [1.807, 2.05) is 0 Å². The van der Waals surface area contributed by atoms with Gasteiger partial charge in [-0.1, -0.05) is 33.6 Å². The molecule has 8 nitrogen and oxygen atoms in total. The van der Waals surface area contributed by atoms with Crippen LogP contribution in [0, 0.1) is 11.8 Å². The number of amides is 2. The third-order valence-electron chi connectivity index (χ3n) is 3.70. The van der Waals surface area contributed by atoms with E-state index >= 15 is 0 Å². The highest BCUT2D eigenvalue weighted by molar-refractivity contribution is 5.92. The predicted octanol–water partition coefficient (Wildman–Crippen LogP) is -0.0750. The second-order valence-corrected chi connectivity index (χ2v) is 6.36. The standard InChI is InChI=1S/C16H32N4O3.C2H6O/c1-4-5-6-12(7-8-17)16(23)19-10-14(21)20-13(9-18)15(22)11(2)3;1-2-3/h11-13H,4-10,17-18H2,1-3H3,(H,19,23)(H,20,21);3H,2H2,1H3. The lowest BCUT2D eigenvalue weighted by molar-refractivity contribution is -0.131. The third kappa shape index (κ3) is 12.8. The van der Waals surface area contributed by atoms with Gasteiger partial charge in [-0.15, -0.1) is 0 Å². The number of carbonyl (C=O) groups is 3. The van der Waals surface area contributed by atoms with Gasteiger partial charge < -0.3 is 27.2 Å². The lowest BCUT2D eigenvalue weighted by Crippen LogP contribution is -2.50. The molecule has 7 N–H and O–H groups in total. The average Bonchev–Trinajstić information content (AvgIpc) is 2.61. The zero-order valence-corrected chi connectivity index (χ0v) is 16.7. The second kappa shape index (κ2) is 16.9. The van der Waals surface area contributed by atoms with Gasteiger partial charge in [-0.2, -0.15) is 0 Å². The Morgan fingerprint density at radius 2 is 1.65 bits per heavy atom. The average molecular weight is 375 g/mol. The van der Waals surface area contributed by atoms with Gasteiger partial charge in [-0.3, -0.25) is 14.4 Å². The van der Waals surface area contributed by atoms with E-state index in [-0.39, 0.29) is 43.2 Å².